The van der Waals surface area contributed by atoms with Gasteiger partial charge in [-0.15, -0.1) is 0 Å². The number of carbonyl (C=O) groups is 2. The SMILES string of the molecule is C[C@@H](O)[C@H](O)[C@H](O)[C@](O)(N=[N+]=[N-])C(=O)C(=O)C1OO1. The van der Waals surface area contributed by atoms with E-state index in [1.807, 2.05) is 0 Å². The maximum Gasteiger partial charge on any atom is 0.289 e. The molecule has 11 nitrogen and oxygen atoms in total. The molecular formula is C8H11N3O8. The molecule has 106 valence electrons. The summed E-state index contributed by atoms with van der Waals surface area (Å²) in [6.45, 7) is 1.05. The van der Waals surface area contributed by atoms with E-state index in [4.69, 9.17) is 10.6 Å². The standard InChI is InChI=1S/C8H11N3O8/c1-2(12)3(13)5(15)8(17,10-11-9)6(16)4(14)7-18-19-7/h2-3,5,7,12-13,15,17H,1H3/t2-,3+,5+,8-/m1/s1. The van der Waals surface area contributed by atoms with E-state index in [9.17, 15) is 24.9 Å². The lowest BCUT2D eigenvalue weighted by Crippen LogP contribution is -2.58. The molecule has 0 amide bonds. The van der Waals surface area contributed by atoms with Crippen LogP contribution in [0.5, 0.6) is 0 Å². The predicted octanol–water partition coefficient (Wildman–Crippen LogP) is -2.49. The Morgan fingerprint density at radius 2 is 1.89 bits per heavy atom. The van der Waals surface area contributed by atoms with Crippen molar-refractivity contribution in [2.24, 2.45) is 5.11 Å². The molecule has 1 fully saturated rings. The van der Waals surface area contributed by atoms with Crippen LogP contribution in [0.3, 0.4) is 0 Å². The molecule has 0 aromatic rings. The monoisotopic (exact) mass is 277 g/mol. The van der Waals surface area contributed by atoms with Gasteiger partial charge in [0.2, 0.25) is 11.5 Å². The van der Waals surface area contributed by atoms with Crippen LogP contribution in [0.15, 0.2) is 5.11 Å². The first-order chi connectivity index (χ1) is 8.75. The van der Waals surface area contributed by atoms with Crippen LogP contribution in [0, 0.1) is 0 Å². The fourth-order valence-electron chi connectivity index (χ4n) is 1.21. The van der Waals surface area contributed by atoms with E-state index in [2.05, 4.69) is 19.8 Å². The lowest BCUT2D eigenvalue weighted by molar-refractivity contribution is -0.172. The van der Waals surface area contributed by atoms with E-state index < -0.39 is 41.9 Å². The zero-order chi connectivity index (χ0) is 14.8. The van der Waals surface area contributed by atoms with Crippen molar-refractivity contribution in [1.29, 1.82) is 0 Å². The summed E-state index contributed by atoms with van der Waals surface area (Å²) in [7, 11) is 0. The number of aliphatic hydroxyl groups is 4. The number of rotatable bonds is 7. The molecule has 19 heavy (non-hydrogen) atoms. The van der Waals surface area contributed by atoms with Crippen molar-refractivity contribution >= 4 is 11.6 Å². The lowest BCUT2D eigenvalue weighted by atomic mass is 9.93. The van der Waals surface area contributed by atoms with Crippen LogP contribution in [0.1, 0.15) is 6.92 Å². The highest BCUT2D eigenvalue weighted by atomic mass is 17.4. The number of nitrogens with zero attached hydrogens (tertiary/aromatic N) is 3. The van der Waals surface area contributed by atoms with Crippen LogP contribution >= 0.6 is 0 Å². The van der Waals surface area contributed by atoms with E-state index in [1.165, 1.54) is 0 Å². The third-order valence-corrected chi connectivity index (χ3v) is 2.39. The van der Waals surface area contributed by atoms with Crippen molar-refractivity contribution in [1.82, 2.24) is 0 Å². The normalized spacial score (nSPS) is 22.6. The van der Waals surface area contributed by atoms with Crippen LogP contribution in [-0.4, -0.2) is 62.3 Å². The Labute approximate surface area is 105 Å². The van der Waals surface area contributed by atoms with Crippen LogP contribution < -0.4 is 0 Å². The van der Waals surface area contributed by atoms with Crippen LogP contribution in [0.25, 0.3) is 10.4 Å². The molecule has 1 heterocycles. The molecule has 1 saturated heterocycles. The summed E-state index contributed by atoms with van der Waals surface area (Å²) in [5.41, 5.74) is 4.99. The quantitative estimate of drug-likeness (QED) is 0.0980. The third-order valence-electron chi connectivity index (χ3n) is 2.39. The van der Waals surface area contributed by atoms with Crippen LogP contribution in [0.4, 0.5) is 0 Å². The van der Waals surface area contributed by atoms with Crippen molar-refractivity contribution in [3.05, 3.63) is 10.4 Å². The summed E-state index contributed by atoms with van der Waals surface area (Å²) >= 11 is 0. The highest BCUT2D eigenvalue weighted by molar-refractivity contribution is 6.41. The van der Waals surface area contributed by atoms with Gasteiger partial charge in [0.15, 0.2) is 0 Å². The largest absolute Gasteiger partial charge is 0.391 e. The van der Waals surface area contributed by atoms with Gasteiger partial charge in [-0.05, 0) is 17.6 Å². The van der Waals surface area contributed by atoms with Gasteiger partial charge in [0, 0.05) is 4.91 Å². The number of aliphatic hydroxyl groups excluding tert-OH is 3. The third kappa shape index (κ3) is 3.05. The van der Waals surface area contributed by atoms with Crippen molar-refractivity contribution in [3.63, 3.8) is 0 Å². The number of carbonyl (C=O) groups excluding carboxylic acids is 2. The van der Waals surface area contributed by atoms with Gasteiger partial charge in [-0.3, -0.25) is 9.59 Å². The van der Waals surface area contributed by atoms with Crippen molar-refractivity contribution in [2.75, 3.05) is 0 Å². The van der Waals surface area contributed by atoms with Gasteiger partial charge in [-0.2, -0.15) is 9.78 Å². The maximum atomic E-state index is 11.6. The summed E-state index contributed by atoms with van der Waals surface area (Å²) in [5, 5.41) is 40.4. The summed E-state index contributed by atoms with van der Waals surface area (Å²) in [4.78, 5) is 33.2. The first-order valence-corrected chi connectivity index (χ1v) is 4.99. The second-order valence-electron chi connectivity index (χ2n) is 3.81. The van der Waals surface area contributed by atoms with Crippen molar-refractivity contribution in [3.8, 4) is 0 Å². The van der Waals surface area contributed by atoms with Gasteiger partial charge in [-0.25, -0.2) is 0 Å². The first-order valence-electron chi connectivity index (χ1n) is 4.99. The van der Waals surface area contributed by atoms with Gasteiger partial charge in [-0.1, -0.05) is 0 Å². The second kappa shape index (κ2) is 5.59. The summed E-state index contributed by atoms with van der Waals surface area (Å²) in [6.07, 6.45) is -7.57. The zero-order valence-electron chi connectivity index (χ0n) is 9.57. The summed E-state index contributed by atoms with van der Waals surface area (Å²) < 4.78 is 0. The van der Waals surface area contributed by atoms with Crippen molar-refractivity contribution in [2.45, 2.75) is 37.3 Å². The Morgan fingerprint density at radius 1 is 1.37 bits per heavy atom. The lowest BCUT2D eigenvalue weighted by Gasteiger charge is -2.30. The van der Waals surface area contributed by atoms with E-state index >= 15 is 0 Å². The second-order valence-corrected chi connectivity index (χ2v) is 3.81. The zero-order valence-corrected chi connectivity index (χ0v) is 9.57. The fourth-order valence-corrected chi connectivity index (χ4v) is 1.21. The molecule has 0 bridgehead atoms. The van der Waals surface area contributed by atoms with Gasteiger partial charge in [0.1, 0.15) is 12.2 Å². The molecule has 0 aromatic carbocycles. The maximum absolute atomic E-state index is 11.6. The molecule has 0 spiro atoms. The predicted molar refractivity (Wildman–Crippen MR) is 53.8 cm³/mol. The molecular weight excluding hydrogens is 266 g/mol. The number of ketones is 2. The minimum Gasteiger partial charge on any atom is -0.391 e. The minimum atomic E-state index is -3.28. The molecule has 4 atom stereocenters. The van der Waals surface area contributed by atoms with E-state index in [-0.39, 0.29) is 0 Å². The van der Waals surface area contributed by atoms with Gasteiger partial charge in [0.25, 0.3) is 12.1 Å². The Morgan fingerprint density at radius 3 is 2.26 bits per heavy atom. The molecule has 1 rings (SSSR count). The first kappa shape index (κ1) is 15.5. The topological polar surface area (TPSA) is 189 Å². The Bertz CT molecular complexity index is 430. The molecule has 0 saturated carbocycles. The number of Topliss-reactive ketones (excluding diaryl/α,β-unsaturated/α-hetero) is 2. The highest BCUT2D eigenvalue weighted by Gasteiger charge is 2.54. The molecule has 1 aliphatic heterocycles. The minimum absolute atomic E-state index is 1.05. The smallest absolute Gasteiger partial charge is 0.289 e. The molecule has 1 aliphatic rings. The Hall–Kier alpha value is -1.59. The highest BCUT2D eigenvalue weighted by Crippen LogP contribution is 2.24. The van der Waals surface area contributed by atoms with Gasteiger partial charge >= 0.3 is 0 Å². The molecule has 4 N–H and O–H groups in total. The number of hydrogen-bond acceptors (Lipinski definition) is 9. The summed E-state index contributed by atoms with van der Waals surface area (Å²) in [6, 6.07) is 0. The van der Waals surface area contributed by atoms with E-state index in [0.29, 0.717) is 0 Å². The molecule has 0 aromatic heterocycles. The molecule has 11 heteroatoms. The fraction of sp³-hybridized carbons (Fsp3) is 0.750. The van der Waals surface area contributed by atoms with Gasteiger partial charge in [0.05, 0.1) is 6.10 Å². The Kier molecular flexibility index (Phi) is 4.55. The van der Waals surface area contributed by atoms with Crippen LogP contribution in [0.2, 0.25) is 0 Å². The Balaban J connectivity index is 3.04. The number of azide groups is 1. The molecule has 0 unspecified atom stereocenters. The molecule has 0 radical (unpaired) electrons. The average molecular weight is 277 g/mol. The van der Waals surface area contributed by atoms with E-state index in [1.54, 1.807) is 0 Å². The van der Waals surface area contributed by atoms with E-state index in [0.717, 1.165) is 6.92 Å². The van der Waals surface area contributed by atoms with Crippen LogP contribution in [-0.2, 0) is 19.4 Å². The van der Waals surface area contributed by atoms with Crippen molar-refractivity contribution < 1.29 is 39.8 Å². The summed E-state index contributed by atoms with van der Waals surface area (Å²) in [5.74, 6) is -3.15. The molecule has 0 aliphatic carbocycles. The number of hydrogen-bond donors (Lipinski definition) is 4. The van der Waals surface area contributed by atoms with Gasteiger partial charge < -0.3 is 20.4 Å². The average Bonchev–Trinajstić information content (AvgIpc) is 3.19.